The third kappa shape index (κ3) is 2.69. The van der Waals surface area contributed by atoms with Gasteiger partial charge in [0.2, 0.25) is 0 Å². The number of aromatic nitrogens is 1. The first kappa shape index (κ1) is 13.8. The number of anilines is 1. The SMILES string of the molecule is CC(NC(=O)c1cc(NN)nc2ccccc12)C1CCC1. The number of fused-ring (bicyclic) bond motifs is 1. The summed E-state index contributed by atoms with van der Waals surface area (Å²) >= 11 is 0. The minimum absolute atomic E-state index is 0.0653. The van der Waals surface area contributed by atoms with Crippen molar-refractivity contribution < 1.29 is 4.79 Å². The molecule has 1 unspecified atom stereocenters. The lowest BCUT2D eigenvalue weighted by Gasteiger charge is -2.32. The standard InChI is InChI=1S/C16H20N4O/c1-10(11-5-4-6-11)18-16(21)13-9-15(20-17)19-14-8-3-2-7-12(13)14/h2-3,7-11H,4-6,17H2,1H3,(H,18,21)(H,19,20). The predicted octanol–water partition coefficient (Wildman–Crippen LogP) is 2.44. The third-order valence-corrected chi connectivity index (χ3v) is 4.32. The zero-order valence-corrected chi connectivity index (χ0v) is 12.1. The summed E-state index contributed by atoms with van der Waals surface area (Å²) in [6, 6.07) is 9.49. The number of nitrogen functional groups attached to an aromatic ring is 1. The minimum atomic E-state index is -0.0653. The van der Waals surface area contributed by atoms with Crippen molar-refractivity contribution in [2.24, 2.45) is 11.8 Å². The number of amides is 1. The second-order valence-corrected chi connectivity index (χ2v) is 5.67. The number of benzene rings is 1. The first-order chi connectivity index (χ1) is 10.2. The molecule has 3 rings (SSSR count). The van der Waals surface area contributed by atoms with E-state index in [1.807, 2.05) is 24.3 Å². The Morgan fingerprint density at radius 3 is 2.81 bits per heavy atom. The normalized spacial score (nSPS) is 16.3. The highest BCUT2D eigenvalue weighted by atomic mass is 16.1. The largest absolute Gasteiger partial charge is 0.349 e. The molecule has 4 N–H and O–H groups in total. The number of nitrogens with one attached hydrogen (secondary N) is 2. The van der Waals surface area contributed by atoms with Crippen LogP contribution < -0.4 is 16.6 Å². The Hall–Kier alpha value is -2.14. The molecular formula is C16H20N4O. The van der Waals surface area contributed by atoms with Crippen LogP contribution in [0.2, 0.25) is 0 Å². The van der Waals surface area contributed by atoms with Crippen LogP contribution in [0.5, 0.6) is 0 Å². The van der Waals surface area contributed by atoms with Crippen molar-refractivity contribution in [2.45, 2.75) is 32.2 Å². The van der Waals surface area contributed by atoms with E-state index in [1.54, 1.807) is 6.07 Å². The Kier molecular flexibility index (Phi) is 3.75. The van der Waals surface area contributed by atoms with Crippen molar-refractivity contribution in [3.8, 4) is 0 Å². The van der Waals surface area contributed by atoms with Gasteiger partial charge in [0.05, 0.1) is 11.1 Å². The molecule has 0 radical (unpaired) electrons. The van der Waals surface area contributed by atoms with Crippen LogP contribution in [0.1, 0.15) is 36.5 Å². The Balaban J connectivity index is 1.92. The summed E-state index contributed by atoms with van der Waals surface area (Å²) in [6.07, 6.45) is 3.67. The number of rotatable bonds is 4. The van der Waals surface area contributed by atoms with E-state index in [4.69, 9.17) is 5.84 Å². The van der Waals surface area contributed by atoms with Crippen molar-refractivity contribution in [1.29, 1.82) is 0 Å². The maximum absolute atomic E-state index is 12.6. The Morgan fingerprint density at radius 1 is 1.38 bits per heavy atom. The Morgan fingerprint density at radius 2 is 2.14 bits per heavy atom. The van der Waals surface area contributed by atoms with E-state index in [2.05, 4.69) is 22.7 Å². The third-order valence-electron chi connectivity index (χ3n) is 4.32. The van der Waals surface area contributed by atoms with Crippen molar-refractivity contribution in [1.82, 2.24) is 10.3 Å². The average molecular weight is 284 g/mol. The summed E-state index contributed by atoms with van der Waals surface area (Å²) in [5, 5.41) is 3.95. The number of para-hydroxylation sites is 1. The molecule has 1 aromatic heterocycles. The molecule has 2 aromatic rings. The molecule has 1 aliphatic carbocycles. The zero-order chi connectivity index (χ0) is 14.8. The summed E-state index contributed by atoms with van der Waals surface area (Å²) in [5.41, 5.74) is 3.89. The molecule has 0 aliphatic heterocycles. The van der Waals surface area contributed by atoms with Crippen molar-refractivity contribution in [2.75, 3.05) is 5.43 Å². The number of nitrogens with two attached hydrogens (primary N) is 1. The highest BCUT2D eigenvalue weighted by molar-refractivity contribution is 6.07. The van der Waals surface area contributed by atoms with Crippen LogP contribution in [0, 0.1) is 5.92 Å². The van der Waals surface area contributed by atoms with E-state index >= 15 is 0 Å². The maximum Gasteiger partial charge on any atom is 0.252 e. The highest BCUT2D eigenvalue weighted by Gasteiger charge is 2.25. The van der Waals surface area contributed by atoms with E-state index in [1.165, 1.54) is 19.3 Å². The van der Waals surface area contributed by atoms with Gasteiger partial charge in [0, 0.05) is 11.4 Å². The summed E-state index contributed by atoms with van der Waals surface area (Å²) < 4.78 is 0. The van der Waals surface area contributed by atoms with Crippen LogP contribution in [0.25, 0.3) is 10.9 Å². The van der Waals surface area contributed by atoms with E-state index < -0.39 is 0 Å². The molecule has 1 heterocycles. The molecule has 1 aliphatic rings. The fraction of sp³-hybridized carbons (Fsp3) is 0.375. The van der Waals surface area contributed by atoms with Crippen molar-refractivity contribution in [3.05, 3.63) is 35.9 Å². The molecule has 1 amide bonds. The Labute approximate surface area is 123 Å². The van der Waals surface area contributed by atoms with Gasteiger partial charge in [-0.1, -0.05) is 24.6 Å². The van der Waals surface area contributed by atoms with Gasteiger partial charge in [0.15, 0.2) is 0 Å². The van der Waals surface area contributed by atoms with Crippen LogP contribution in [0.3, 0.4) is 0 Å². The van der Waals surface area contributed by atoms with Crippen molar-refractivity contribution >= 4 is 22.6 Å². The first-order valence-electron chi connectivity index (χ1n) is 7.36. The van der Waals surface area contributed by atoms with Gasteiger partial charge >= 0.3 is 0 Å². The number of hydrogen-bond acceptors (Lipinski definition) is 4. The number of hydrazine groups is 1. The molecule has 1 atom stereocenters. The maximum atomic E-state index is 12.6. The Bertz CT molecular complexity index is 666. The van der Waals surface area contributed by atoms with Crippen LogP contribution >= 0.6 is 0 Å². The molecule has 5 heteroatoms. The van der Waals surface area contributed by atoms with Gasteiger partial charge in [-0.3, -0.25) is 4.79 Å². The molecule has 0 saturated heterocycles. The molecule has 110 valence electrons. The number of carbonyl (C=O) groups is 1. The van der Waals surface area contributed by atoms with Gasteiger partial charge in [-0.15, -0.1) is 0 Å². The van der Waals surface area contributed by atoms with Gasteiger partial charge in [0.1, 0.15) is 5.82 Å². The number of pyridine rings is 1. The fourth-order valence-electron chi connectivity index (χ4n) is 2.78. The summed E-state index contributed by atoms with van der Waals surface area (Å²) in [7, 11) is 0. The molecule has 0 spiro atoms. The molecule has 21 heavy (non-hydrogen) atoms. The molecular weight excluding hydrogens is 264 g/mol. The highest BCUT2D eigenvalue weighted by Crippen LogP contribution is 2.29. The number of nitrogens with zero attached hydrogens (tertiary/aromatic N) is 1. The molecule has 1 aromatic carbocycles. The topological polar surface area (TPSA) is 80.0 Å². The van der Waals surface area contributed by atoms with Crippen LogP contribution in [0.4, 0.5) is 5.82 Å². The molecule has 1 saturated carbocycles. The second-order valence-electron chi connectivity index (χ2n) is 5.67. The summed E-state index contributed by atoms with van der Waals surface area (Å²) in [5.74, 6) is 6.48. The smallest absolute Gasteiger partial charge is 0.252 e. The first-order valence-corrected chi connectivity index (χ1v) is 7.36. The van der Waals surface area contributed by atoms with Gasteiger partial charge in [-0.05, 0) is 37.8 Å². The monoisotopic (exact) mass is 284 g/mol. The van der Waals surface area contributed by atoms with E-state index in [0.29, 0.717) is 17.3 Å². The van der Waals surface area contributed by atoms with E-state index in [9.17, 15) is 4.79 Å². The van der Waals surface area contributed by atoms with Gasteiger partial charge in [-0.25, -0.2) is 10.8 Å². The summed E-state index contributed by atoms with van der Waals surface area (Å²) in [6.45, 7) is 2.08. The van der Waals surface area contributed by atoms with Gasteiger partial charge in [-0.2, -0.15) is 0 Å². The van der Waals surface area contributed by atoms with E-state index in [0.717, 1.165) is 10.9 Å². The number of carbonyl (C=O) groups excluding carboxylic acids is 1. The lowest BCUT2D eigenvalue weighted by atomic mass is 9.80. The van der Waals surface area contributed by atoms with Gasteiger partial charge < -0.3 is 10.7 Å². The second kappa shape index (κ2) is 5.69. The molecule has 1 fully saturated rings. The van der Waals surface area contributed by atoms with Crippen molar-refractivity contribution in [3.63, 3.8) is 0 Å². The minimum Gasteiger partial charge on any atom is -0.349 e. The predicted molar refractivity (Wildman–Crippen MR) is 83.8 cm³/mol. The van der Waals surface area contributed by atoms with Crippen LogP contribution in [-0.4, -0.2) is 16.9 Å². The van der Waals surface area contributed by atoms with Gasteiger partial charge in [0.25, 0.3) is 5.91 Å². The average Bonchev–Trinajstić information content (AvgIpc) is 2.43. The van der Waals surface area contributed by atoms with E-state index in [-0.39, 0.29) is 11.9 Å². The summed E-state index contributed by atoms with van der Waals surface area (Å²) in [4.78, 5) is 16.9. The number of hydrogen-bond donors (Lipinski definition) is 3. The molecule has 0 bridgehead atoms. The quantitative estimate of drug-likeness (QED) is 0.595. The lowest BCUT2D eigenvalue weighted by molar-refractivity contribution is 0.0911. The van der Waals surface area contributed by atoms with Crippen LogP contribution in [0.15, 0.2) is 30.3 Å². The lowest BCUT2D eigenvalue weighted by Crippen LogP contribution is -2.40. The zero-order valence-electron chi connectivity index (χ0n) is 12.1. The van der Waals surface area contributed by atoms with Crippen LogP contribution in [-0.2, 0) is 0 Å². The fourth-order valence-corrected chi connectivity index (χ4v) is 2.78. The molecule has 5 nitrogen and oxygen atoms in total.